The highest BCUT2D eigenvalue weighted by Gasteiger charge is 2.09. The average molecular weight is 391 g/mol. The highest BCUT2D eigenvalue weighted by atomic mass is 16.3. The molecule has 1 aromatic rings. The number of hydrogen-bond donors (Lipinski definition) is 2. The normalized spacial score (nSPS) is 11.2. The van der Waals surface area contributed by atoms with Crippen molar-refractivity contribution in [3.05, 3.63) is 23.3 Å². The van der Waals surface area contributed by atoms with Crippen LogP contribution in [0.15, 0.2) is 12.1 Å². The number of aryl methyl sites for hydroxylation is 2. The highest BCUT2D eigenvalue weighted by Crippen LogP contribution is 2.30. The van der Waals surface area contributed by atoms with E-state index in [1.54, 1.807) is 6.07 Å². The molecule has 0 radical (unpaired) electrons. The molecule has 0 saturated heterocycles. The molecule has 0 amide bonds. The van der Waals surface area contributed by atoms with Gasteiger partial charge in [-0.15, -0.1) is 0 Å². The van der Waals surface area contributed by atoms with Crippen LogP contribution in [0.3, 0.4) is 0 Å². The van der Waals surface area contributed by atoms with Gasteiger partial charge in [-0.25, -0.2) is 0 Å². The summed E-state index contributed by atoms with van der Waals surface area (Å²) in [6.07, 6.45) is 22.7. The third kappa shape index (κ3) is 11.6. The van der Waals surface area contributed by atoms with E-state index in [1.165, 1.54) is 89.9 Å². The van der Waals surface area contributed by atoms with Crippen LogP contribution in [0.5, 0.6) is 11.5 Å². The topological polar surface area (TPSA) is 40.5 Å². The molecule has 0 aliphatic rings. The third-order valence-corrected chi connectivity index (χ3v) is 5.88. The van der Waals surface area contributed by atoms with Crippen molar-refractivity contribution < 1.29 is 10.2 Å². The Labute approximate surface area is 174 Å². The molecule has 162 valence electrons. The second-order valence-corrected chi connectivity index (χ2v) is 8.56. The molecule has 2 nitrogen and oxygen atoms in total. The summed E-state index contributed by atoms with van der Waals surface area (Å²) in [7, 11) is 0. The molecule has 2 heteroatoms. The van der Waals surface area contributed by atoms with Gasteiger partial charge < -0.3 is 10.2 Å². The van der Waals surface area contributed by atoms with Crippen molar-refractivity contribution in [3.8, 4) is 11.5 Å². The van der Waals surface area contributed by atoms with E-state index in [-0.39, 0.29) is 11.5 Å². The van der Waals surface area contributed by atoms with E-state index in [0.717, 1.165) is 36.8 Å². The van der Waals surface area contributed by atoms with Crippen molar-refractivity contribution in [2.24, 2.45) is 0 Å². The van der Waals surface area contributed by atoms with Gasteiger partial charge in [0.15, 0.2) is 0 Å². The molecule has 0 unspecified atom stereocenters. The maximum absolute atomic E-state index is 10.2. The first-order chi connectivity index (χ1) is 13.7. The SMILES string of the molecule is CCCCCCCCCCc1cc(CCCCCCCCCC)c(O)cc1O. The first-order valence-corrected chi connectivity index (χ1v) is 12.2. The Morgan fingerprint density at radius 2 is 0.786 bits per heavy atom. The lowest BCUT2D eigenvalue weighted by atomic mass is 9.98. The summed E-state index contributed by atoms with van der Waals surface area (Å²) in [6, 6.07) is 3.60. The van der Waals surface area contributed by atoms with Gasteiger partial charge in [-0.3, -0.25) is 0 Å². The van der Waals surface area contributed by atoms with Gasteiger partial charge in [-0.1, -0.05) is 104 Å². The zero-order chi connectivity index (χ0) is 20.5. The van der Waals surface area contributed by atoms with Crippen LogP contribution in [-0.4, -0.2) is 10.2 Å². The largest absolute Gasteiger partial charge is 0.508 e. The van der Waals surface area contributed by atoms with Crippen LogP contribution in [0.25, 0.3) is 0 Å². The van der Waals surface area contributed by atoms with Gasteiger partial charge >= 0.3 is 0 Å². The van der Waals surface area contributed by atoms with Gasteiger partial charge in [0.25, 0.3) is 0 Å². The van der Waals surface area contributed by atoms with Crippen molar-refractivity contribution in [2.45, 2.75) is 129 Å². The molecule has 0 aromatic heterocycles. The summed E-state index contributed by atoms with van der Waals surface area (Å²) >= 11 is 0. The molecule has 1 aromatic carbocycles. The summed E-state index contributed by atoms with van der Waals surface area (Å²) in [5.74, 6) is 0.528. The van der Waals surface area contributed by atoms with Crippen LogP contribution in [0.1, 0.15) is 128 Å². The van der Waals surface area contributed by atoms with Gasteiger partial charge in [0, 0.05) is 6.07 Å². The summed E-state index contributed by atoms with van der Waals surface area (Å²) in [4.78, 5) is 0. The fraction of sp³-hybridized carbons (Fsp3) is 0.769. The first kappa shape index (κ1) is 24.9. The van der Waals surface area contributed by atoms with Gasteiger partial charge in [-0.2, -0.15) is 0 Å². The van der Waals surface area contributed by atoms with E-state index in [4.69, 9.17) is 0 Å². The number of phenols is 2. The summed E-state index contributed by atoms with van der Waals surface area (Å²) in [5, 5.41) is 20.3. The molecular formula is C26H46O2. The van der Waals surface area contributed by atoms with Crippen LogP contribution in [-0.2, 0) is 12.8 Å². The predicted octanol–water partition coefficient (Wildman–Crippen LogP) is 8.46. The van der Waals surface area contributed by atoms with Gasteiger partial charge in [0.2, 0.25) is 0 Å². The zero-order valence-corrected chi connectivity index (χ0v) is 18.8. The Hall–Kier alpha value is -1.18. The van der Waals surface area contributed by atoms with E-state index < -0.39 is 0 Å². The standard InChI is InChI=1S/C26H46O2/c1-3-5-7-9-11-13-15-17-19-23-21-24(26(28)22-25(23)27)20-18-16-14-12-10-8-6-4-2/h21-22,27-28H,3-20H2,1-2H3. The van der Waals surface area contributed by atoms with Crippen molar-refractivity contribution in [3.63, 3.8) is 0 Å². The second-order valence-electron chi connectivity index (χ2n) is 8.56. The summed E-state index contributed by atoms with van der Waals surface area (Å²) in [5.41, 5.74) is 2.02. The minimum absolute atomic E-state index is 0.264. The fourth-order valence-corrected chi connectivity index (χ4v) is 3.97. The van der Waals surface area contributed by atoms with Crippen LogP contribution >= 0.6 is 0 Å². The molecule has 0 aliphatic heterocycles. The molecule has 0 spiro atoms. The third-order valence-electron chi connectivity index (χ3n) is 5.88. The molecule has 0 heterocycles. The number of benzene rings is 1. The minimum Gasteiger partial charge on any atom is -0.508 e. The molecule has 0 aliphatic carbocycles. The Kier molecular flexibility index (Phi) is 14.9. The Bertz CT molecular complexity index is 454. The van der Waals surface area contributed by atoms with Crippen molar-refractivity contribution in [1.82, 2.24) is 0 Å². The molecule has 28 heavy (non-hydrogen) atoms. The quantitative estimate of drug-likeness (QED) is 0.247. The molecular weight excluding hydrogens is 344 g/mol. The number of rotatable bonds is 18. The lowest BCUT2D eigenvalue weighted by Crippen LogP contribution is -1.93. The van der Waals surface area contributed by atoms with E-state index in [0.29, 0.717) is 0 Å². The number of aromatic hydroxyl groups is 2. The molecule has 0 atom stereocenters. The molecule has 0 fully saturated rings. The Morgan fingerprint density at radius 1 is 0.464 bits per heavy atom. The molecule has 0 bridgehead atoms. The predicted molar refractivity (Wildman–Crippen MR) is 122 cm³/mol. The number of phenolic OH excluding ortho intramolecular Hbond substituents is 2. The maximum atomic E-state index is 10.2. The number of unbranched alkanes of at least 4 members (excludes halogenated alkanes) is 14. The van der Waals surface area contributed by atoms with Crippen molar-refractivity contribution in [2.75, 3.05) is 0 Å². The fourth-order valence-electron chi connectivity index (χ4n) is 3.97. The first-order valence-electron chi connectivity index (χ1n) is 12.2. The van der Waals surface area contributed by atoms with E-state index in [2.05, 4.69) is 13.8 Å². The number of hydrogen-bond acceptors (Lipinski definition) is 2. The van der Waals surface area contributed by atoms with Crippen molar-refractivity contribution >= 4 is 0 Å². The monoisotopic (exact) mass is 390 g/mol. The molecule has 1 rings (SSSR count). The van der Waals surface area contributed by atoms with Crippen molar-refractivity contribution in [1.29, 1.82) is 0 Å². The molecule has 0 saturated carbocycles. The van der Waals surface area contributed by atoms with Crippen LogP contribution in [0.2, 0.25) is 0 Å². The van der Waals surface area contributed by atoms with Gasteiger partial charge in [-0.05, 0) is 42.9 Å². The average Bonchev–Trinajstić information content (AvgIpc) is 2.68. The lowest BCUT2D eigenvalue weighted by Gasteiger charge is -2.11. The minimum atomic E-state index is 0.264. The smallest absolute Gasteiger partial charge is 0.122 e. The van der Waals surface area contributed by atoms with E-state index in [1.807, 2.05) is 6.07 Å². The summed E-state index contributed by atoms with van der Waals surface area (Å²) < 4.78 is 0. The Balaban J connectivity index is 2.24. The van der Waals surface area contributed by atoms with Crippen LogP contribution in [0, 0.1) is 0 Å². The summed E-state index contributed by atoms with van der Waals surface area (Å²) in [6.45, 7) is 4.51. The van der Waals surface area contributed by atoms with Gasteiger partial charge in [0.05, 0.1) is 0 Å². The van der Waals surface area contributed by atoms with Crippen LogP contribution < -0.4 is 0 Å². The molecule has 2 N–H and O–H groups in total. The maximum Gasteiger partial charge on any atom is 0.122 e. The second kappa shape index (κ2) is 16.7. The highest BCUT2D eigenvalue weighted by molar-refractivity contribution is 5.45. The zero-order valence-electron chi connectivity index (χ0n) is 18.8. The van der Waals surface area contributed by atoms with Gasteiger partial charge in [0.1, 0.15) is 11.5 Å². The Morgan fingerprint density at radius 3 is 1.14 bits per heavy atom. The van der Waals surface area contributed by atoms with Crippen LogP contribution in [0.4, 0.5) is 0 Å². The van der Waals surface area contributed by atoms with E-state index in [9.17, 15) is 10.2 Å². The van der Waals surface area contributed by atoms with E-state index >= 15 is 0 Å². The lowest BCUT2D eigenvalue weighted by molar-refractivity contribution is 0.439.